The first kappa shape index (κ1) is 16.3. The molecule has 1 aromatic rings. The number of hydrogen-bond acceptors (Lipinski definition) is 3. The van der Waals surface area contributed by atoms with Crippen molar-refractivity contribution in [3.63, 3.8) is 0 Å². The van der Waals surface area contributed by atoms with Crippen LogP contribution >= 0.6 is 0 Å². The number of aromatic nitrogens is 1. The minimum Gasteiger partial charge on any atom is -0.474 e. The summed E-state index contributed by atoms with van der Waals surface area (Å²) >= 11 is 0. The predicted octanol–water partition coefficient (Wildman–Crippen LogP) is 4.49. The quantitative estimate of drug-likeness (QED) is 0.803. The molecule has 1 aliphatic carbocycles. The van der Waals surface area contributed by atoms with E-state index in [0.29, 0.717) is 12.1 Å². The summed E-state index contributed by atoms with van der Waals surface area (Å²) in [5.41, 5.74) is 1.18. The second kappa shape index (κ2) is 8.38. The van der Waals surface area contributed by atoms with Crippen molar-refractivity contribution in [2.75, 3.05) is 6.54 Å². The van der Waals surface area contributed by atoms with Gasteiger partial charge in [0.15, 0.2) is 0 Å². The molecule has 3 heteroatoms. The van der Waals surface area contributed by atoms with Crippen LogP contribution in [0.4, 0.5) is 0 Å². The molecule has 0 bridgehead atoms. The highest BCUT2D eigenvalue weighted by Crippen LogP contribution is 2.31. The molecule has 3 unspecified atom stereocenters. The monoisotopic (exact) mass is 290 g/mol. The molecule has 0 radical (unpaired) electrons. The number of rotatable bonds is 7. The van der Waals surface area contributed by atoms with E-state index in [1.54, 1.807) is 0 Å². The molecule has 0 amide bonds. The van der Waals surface area contributed by atoms with Crippen LogP contribution in [0.1, 0.15) is 70.9 Å². The summed E-state index contributed by atoms with van der Waals surface area (Å²) in [6.07, 6.45) is 9.59. The molecule has 0 spiro atoms. The summed E-state index contributed by atoms with van der Waals surface area (Å²) in [6, 6.07) is 4.43. The number of hydrogen-bond donors (Lipinski definition) is 1. The van der Waals surface area contributed by atoms with E-state index >= 15 is 0 Å². The smallest absolute Gasteiger partial charge is 0.218 e. The highest BCUT2D eigenvalue weighted by Gasteiger charge is 2.24. The van der Waals surface area contributed by atoms with Crippen molar-refractivity contribution in [2.45, 2.75) is 71.4 Å². The van der Waals surface area contributed by atoms with Crippen molar-refractivity contribution in [1.82, 2.24) is 10.3 Å². The molecule has 1 aromatic heterocycles. The molecule has 21 heavy (non-hydrogen) atoms. The van der Waals surface area contributed by atoms with E-state index in [1.165, 1.54) is 37.7 Å². The third-order valence-electron chi connectivity index (χ3n) is 4.56. The third-order valence-corrected chi connectivity index (χ3v) is 4.56. The Morgan fingerprint density at radius 2 is 2.24 bits per heavy atom. The maximum Gasteiger partial charge on any atom is 0.218 e. The lowest BCUT2D eigenvalue weighted by Crippen LogP contribution is -2.27. The third kappa shape index (κ3) is 4.70. The molecule has 3 nitrogen and oxygen atoms in total. The largest absolute Gasteiger partial charge is 0.474 e. The normalized spacial score (nSPS) is 23.8. The van der Waals surface area contributed by atoms with Crippen LogP contribution in [0.5, 0.6) is 5.88 Å². The Balaban J connectivity index is 2.02. The van der Waals surface area contributed by atoms with Gasteiger partial charge in [-0.1, -0.05) is 32.8 Å². The van der Waals surface area contributed by atoms with Gasteiger partial charge in [-0.25, -0.2) is 4.98 Å². The minimum absolute atomic E-state index is 0.291. The summed E-state index contributed by atoms with van der Waals surface area (Å²) in [7, 11) is 0. The van der Waals surface area contributed by atoms with Gasteiger partial charge >= 0.3 is 0 Å². The zero-order valence-electron chi connectivity index (χ0n) is 13.8. The highest BCUT2D eigenvalue weighted by atomic mass is 16.5. The molecule has 118 valence electrons. The average Bonchev–Trinajstić information content (AvgIpc) is 2.53. The summed E-state index contributed by atoms with van der Waals surface area (Å²) in [5.74, 6) is 1.65. The zero-order chi connectivity index (χ0) is 15.1. The molecular weight excluding hydrogens is 260 g/mol. The van der Waals surface area contributed by atoms with Crippen molar-refractivity contribution < 1.29 is 4.74 Å². The number of ether oxygens (including phenoxy) is 1. The Hall–Kier alpha value is -1.09. The Kier molecular flexibility index (Phi) is 6.50. The summed E-state index contributed by atoms with van der Waals surface area (Å²) in [6.45, 7) is 7.69. The van der Waals surface area contributed by atoms with Crippen molar-refractivity contribution in [1.29, 1.82) is 0 Å². The van der Waals surface area contributed by atoms with E-state index in [2.05, 4.69) is 37.1 Å². The second-order valence-corrected chi connectivity index (χ2v) is 6.25. The molecule has 0 aliphatic heterocycles. The molecular formula is C18H30N2O. The van der Waals surface area contributed by atoms with Crippen LogP contribution in [-0.4, -0.2) is 17.6 Å². The standard InChI is InChI=1S/C18H30N2O/c1-4-11-19-14(3)17-10-7-12-20-18(17)21-16-9-6-8-15(5-2)13-16/h7,10,12,14-16,19H,4-6,8-9,11,13H2,1-3H3. The SMILES string of the molecule is CCCNC(C)c1cccnc1OC1CCCC(CC)C1. The van der Waals surface area contributed by atoms with Gasteiger partial charge in [0.25, 0.3) is 0 Å². The van der Waals surface area contributed by atoms with Crippen molar-refractivity contribution in [2.24, 2.45) is 5.92 Å². The number of pyridine rings is 1. The highest BCUT2D eigenvalue weighted by molar-refractivity contribution is 5.28. The molecule has 0 saturated heterocycles. The summed E-state index contributed by atoms with van der Waals surface area (Å²) in [5, 5.41) is 3.53. The first-order valence-corrected chi connectivity index (χ1v) is 8.59. The molecule has 3 atom stereocenters. The topological polar surface area (TPSA) is 34.2 Å². The Bertz CT molecular complexity index is 421. The van der Waals surface area contributed by atoms with Gasteiger partial charge in [0.1, 0.15) is 6.10 Å². The van der Waals surface area contributed by atoms with E-state index in [-0.39, 0.29) is 0 Å². The lowest BCUT2D eigenvalue weighted by molar-refractivity contribution is 0.115. The van der Waals surface area contributed by atoms with Crippen LogP contribution < -0.4 is 10.1 Å². The molecule has 1 heterocycles. The average molecular weight is 290 g/mol. The molecule has 1 N–H and O–H groups in total. The molecule has 1 aliphatic rings. The zero-order valence-corrected chi connectivity index (χ0v) is 13.8. The number of nitrogens with one attached hydrogen (secondary N) is 1. The lowest BCUT2D eigenvalue weighted by atomic mass is 9.85. The van der Waals surface area contributed by atoms with Crippen LogP contribution in [0.15, 0.2) is 18.3 Å². The van der Waals surface area contributed by atoms with Gasteiger partial charge < -0.3 is 10.1 Å². The predicted molar refractivity (Wildman–Crippen MR) is 87.6 cm³/mol. The van der Waals surface area contributed by atoms with Gasteiger partial charge in [-0.3, -0.25) is 0 Å². The van der Waals surface area contributed by atoms with Gasteiger partial charge in [0, 0.05) is 17.8 Å². The van der Waals surface area contributed by atoms with Crippen molar-refractivity contribution in [3.05, 3.63) is 23.9 Å². The van der Waals surface area contributed by atoms with Gasteiger partial charge in [-0.05, 0) is 51.1 Å². The Labute approximate surface area is 129 Å². The maximum absolute atomic E-state index is 6.27. The first-order valence-electron chi connectivity index (χ1n) is 8.59. The van der Waals surface area contributed by atoms with Crippen LogP contribution in [-0.2, 0) is 0 Å². The molecule has 1 saturated carbocycles. The van der Waals surface area contributed by atoms with Gasteiger partial charge in [0.05, 0.1) is 0 Å². The van der Waals surface area contributed by atoms with Gasteiger partial charge in [-0.2, -0.15) is 0 Å². The fourth-order valence-corrected chi connectivity index (χ4v) is 3.18. The van der Waals surface area contributed by atoms with E-state index in [4.69, 9.17) is 4.74 Å². The van der Waals surface area contributed by atoms with Gasteiger partial charge in [-0.15, -0.1) is 0 Å². The van der Waals surface area contributed by atoms with Crippen molar-refractivity contribution in [3.8, 4) is 5.88 Å². The first-order chi connectivity index (χ1) is 10.2. The number of nitrogens with zero attached hydrogens (tertiary/aromatic N) is 1. The van der Waals surface area contributed by atoms with Crippen LogP contribution in [0, 0.1) is 5.92 Å². The van der Waals surface area contributed by atoms with E-state index in [0.717, 1.165) is 24.8 Å². The lowest BCUT2D eigenvalue weighted by Gasteiger charge is -2.29. The van der Waals surface area contributed by atoms with Crippen LogP contribution in [0.25, 0.3) is 0 Å². The Morgan fingerprint density at radius 1 is 1.38 bits per heavy atom. The fourth-order valence-electron chi connectivity index (χ4n) is 3.18. The maximum atomic E-state index is 6.27. The van der Waals surface area contributed by atoms with Gasteiger partial charge in [0.2, 0.25) is 5.88 Å². The Morgan fingerprint density at radius 3 is 3.00 bits per heavy atom. The second-order valence-electron chi connectivity index (χ2n) is 6.25. The van der Waals surface area contributed by atoms with E-state index in [9.17, 15) is 0 Å². The minimum atomic E-state index is 0.291. The van der Waals surface area contributed by atoms with Crippen LogP contribution in [0.2, 0.25) is 0 Å². The molecule has 0 aromatic carbocycles. The van der Waals surface area contributed by atoms with E-state index in [1.807, 2.05) is 12.3 Å². The summed E-state index contributed by atoms with van der Waals surface area (Å²) < 4.78 is 6.27. The fraction of sp³-hybridized carbons (Fsp3) is 0.722. The summed E-state index contributed by atoms with van der Waals surface area (Å²) in [4.78, 5) is 4.49. The van der Waals surface area contributed by atoms with Crippen molar-refractivity contribution >= 4 is 0 Å². The van der Waals surface area contributed by atoms with E-state index < -0.39 is 0 Å². The molecule has 1 fully saturated rings. The van der Waals surface area contributed by atoms with Crippen LogP contribution in [0.3, 0.4) is 0 Å². The molecule has 2 rings (SSSR count).